The maximum Gasteiger partial charge on any atom is 0.140 e. The topological polar surface area (TPSA) is 36.7 Å². The van der Waals surface area contributed by atoms with E-state index in [2.05, 4.69) is 24.9 Å². The van der Waals surface area contributed by atoms with Gasteiger partial charge >= 0.3 is 0 Å². The molecule has 0 aliphatic heterocycles. The third kappa shape index (κ3) is 2.56. The number of hydrogen-bond donors (Lipinski definition) is 0. The van der Waals surface area contributed by atoms with Gasteiger partial charge in [0.15, 0.2) is 0 Å². The Morgan fingerprint density at radius 2 is 2.29 bits per heavy atom. The highest BCUT2D eigenvalue weighted by Gasteiger charge is 2.08. The Bertz CT molecular complexity index is 325. The molecule has 1 unspecified atom stereocenters. The Hall–Kier alpha value is -1.36. The Morgan fingerprint density at radius 3 is 2.86 bits per heavy atom. The van der Waals surface area contributed by atoms with E-state index in [1.807, 2.05) is 12.1 Å². The number of pyridine rings is 1. The normalized spacial score (nSPS) is 12.1. The van der Waals surface area contributed by atoms with Crippen molar-refractivity contribution in [3.05, 3.63) is 29.6 Å². The van der Waals surface area contributed by atoms with E-state index in [4.69, 9.17) is 5.26 Å². The van der Waals surface area contributed by atoms with Gasteiger partial charge in [-0.3, -0.25) is 0 Å². The zero-order valence-corrected chi connectivity index (χ0v) is 8.83. The average molecular weight is 188 g/mol. The maximum absolute atomic E-state index is 8.73. The molecule has 0 aliphatic carbocycles. The fourth-order valence-corrected chi connectivity index (χ4v) is 1.72. The van der Waals surface area contributed by atoms with E-state index in [-0.39, 0.29) is 0 Å². The van der Waals surface area contributed by atoms with E-state index in [0.717, 1.165) is 6.42 Å². The fourth-order valence-electron chi connectivity index (χ4n) is 1.72. The predicted octanol–water partition coefficient (Wildman–Crippen LogP) is 3.25. The highest BCUT2D eigenvalue weighted by molar-refractivity contribution is 5.27. The van der Waals surface area contributed by atoms with Gasteiger partial charge in [0.25, 0.3) is 0 Å². The van der Waals surface area contributed by atoms with Gasteiger partial charge in [0.2, 0.25) is 0 Å². The molecule has 0 N–H and O–H groups in total. The van der Waals surface area contributed by atoms with Crippen LogP contribution in [0.25, 0.3) is 0 Å². The molecule has 2 heteroatoms. The molecule has 1 aromatic rings. The summed E-state index contributed by atoms with van der Waals surface area (Å²) in [5.41, 5.74) is 1.78. The van der Waals surface area contributed by atoms with Gasteiger partial charge < -0.3 is 0 Å². The number of rotatable bonds is 4. The highest BCUT2D eigenvalue weighted by Crippen LogP contribution is 2.24. The molecule has 14 heavy (non-hydrogen) atoms. The summed E-state index contributed by atoms with van der Waals surface area (Å²) in [5.74, 6) is 0.579. The van der Waals surface area contributed by atoms with Gasteiger partial charge in [-0.25, -0.2) is 4.98 Å². The van der Waals surface area contributed by atoms with Gasteiger partial charge in [-0.2, -0.15) is 5.26 Å². The van der Waals surface area contributed by atoms with Crippen LogP contribution in [0.4, 0.5) is 0 Å². The van der Waals surface area contributed by atoms with Gasteiger partial charge in [0.1, 0.15) is 11.8 Å². The quantitative estimate of drug-likeness (QED) is 0.727. The first-order valence-corrected chi connectivity index (χ1v) is 5.17. The Morgan fingerprint density at radius 1 is 1.50 bits per heavy atom. The minimum atomic E-state index is 0.525. The van der Waals surface area contributed by atoms with Crippen LogP contribution in [0.2, 0.25) is 0 Å². The van der Waals surface area contributed by atoms with Crippen LogP contribution in [0.3, 0.4) is 0 Å². The lowest BCUT2D eigenvalue weighted by Crippen LogP contribution is -1.98. The smallest absolute Gasteiger partial charge is 0.140 e. The SMILES string of the molecule is CCCC(CC)c1ccnc(C#N)c1. The fraction of sp³-hybridized carbons (Fsp3) is 0.500. The van der Waals surface area contributed by atoms with E-state index in [1.165, 1.54) is 18.4 Å². The lowest BCUT2D eigenvalue weighted by molar-refractivity contribution is 0.595. The summed E-state index contributed by atoms with van der Waals surface area (Å²) in [6.07, 6.45) is 5.23. The molecule has 2 nitrogen and oxygen atoms in total. The monoisotopic (exact) mass is 188 g/mol. The molecule has 0 spiro atoms. The zero-order chi connectivity index (χ0) is 10.4. The molecule has 0 fully saturated rings. The second-order valence-electron chi connectivity index (χ2n) is 3.48. The van der Waals surface area contributed by atoms with Crippen LogP contribution in [-0.4, -0.2) is 4.98 Å². The summed E-state index contributed by atoms with van der Waals surface area (Å²) in [7, 11) is 0. The molecule has 1 rings (SSSR count). The van der Waals surface area contributed by atoms with Crippen molar-refractivity contribution in [2.24, 2.45) is 0 Å². The van der Waals surface area contributed by atoms with Gasteiger partial charge in [0.05, 0.1) is 0 Å². The van der Waals surface area contributed by atoms with E-state index in [9.17, 15) is 0 Å². The standard InChI is InChI=1S/C12H16N2/c1-3-5-10(4-2)11-6-7-14-12(8-11)9-13/h6-8,10H,3-5H2,1-2H3. The summed E-state index contributed by atoms with van der Waals surface area (Å²) in [6.45, 7) is 4.38. The summed E-state index contributed by atoms with van der Waals surface area (Å²) < 4.78 is 0. The molecule has 0 bridgehead atoms. The first-order chi connectivity index (χ1) is 6.81. The molecular formula is C12H16N2. The van der Waals surface area contributed by atoms with Crippen LogP contribution in [0, 0.1) is 11.3 Å². The average Bonchev–Trinajstić information content (AvgIpc) is 2.26. The molecule has 0 radical (unpaired) electrons. The molecule has 74 valence electrons. The van der Waals surface area contributed by atoms with Crippen LogP contribution in [0.15, 0.2) is 18.3 Å². The second-order valence-corrected chi connectivity index (χ2v) is 3.48. The minimum Gasteiger partial charge on any atom is -0.246 e. The number of aromatic nitrogens is 1. The van der Waals surface area contributed by atoms with Crippen molar-refractivity contribution in [3.63, 3.8) is 0 Å². The summed E-state index contributed by atoms with van der Waals surface area (Å²) >= 11 is 0. The zero-order valence-electron chi connectivity index (χ0n) is 8.83. The molecule has 1 heterocycles. The summed E-state index contributed by atoms with van der Waals surface area (Å²) in [6, 6.07) is 6.00. The van der Waals surface area contributed by atoms with Crippen molar-refractivity contribution in [1.82, 2.24) is 4.98 Å². The third-order valence-corrected chi connectivity index (χ3v) is 2.50. The Labute approximate surface area is 85.6 Å². The van der Waals surface area contributed by atoms with Gasteiger partial charge in [0, 0.05) is 6.20 Å². The van der Waals surface area contributed by atoms with Crippen molar-refractivity contribution in [2.45, 2.75) is 39.0 Å². The third-order valence-electron chi connectivity index (χ3n) is 2.50. The molecule has 0 aliphatic rings. The van der Waals surface area contributed by atoms with Crippen molar-refractivity contribution in [3.8, 4) is 6.07 Å². The van der Waals surface area contributed by atoms with Crippen LogP contribution in [-0.2, 0) is 0 Å². The summed E-state index contributed by atoms with van der Waals surface area (Å²) in [4.78, 5) is 3.97. The molecule has 0 amide bonds. The van der Waals surface area contributed by atoms with Crippen LogP contribution < -0.4 is 0 Å². The molecule has 1 aromatic heterocycles. The number of nitriles is 1. The lowest BCUT2D eigenvalue weighted by atomic mass is 9.92. The number of nitrogens with zero attached hydrogens (tertiary/aromatic N) is 2. The molecular weight excluding hydrogens is 172 g/mol. The lowest BCUT2D eigenvalue weighted by Gasteiger charge is -2.13. The Kier molecular flexibility index (Phi) is 4.12. The van der Waals surface area contributed by atoms with Crippen LogP contribution in [0.5, 0.6) is 0 Å². The van der Waals surface area contributed by atoms with E-state index >= 15 is 0 Å². The van der Waals surface area contributed by atoms with Crippen molar-refractivity contribution < 1.29 is 0 Å². The molecule has 0 aromatic carbocycles. The van der Waals surface area contributed by atoms with Gasteiger partial charge in [-0.1, -0.05) is 20.3 Å². The molecule has 0 saturated carbocycles. The van der Waals surface area contributed by atoms with Gasteiger partial charge in [-0.15, -0.1) is 0 Å². The van der Waals surface area contributed by atoms with Gasteiger partial charge in [-0.05, 0) is 36.5 Å². The largest absolute Gasteiger partial charge is 0.246 e. The van der Waals surface area contributed by atoms with Crippen LogP contribution in [0.1, 0.15) is 50.3 Å². The Balaban J connectivity index is 2.87. The minimum absolute atomic E-state index is 0.525. The van der Waals surface area contributed by atoms with E-state index < -0.39 is 0 Å². The van der Waals surface area contributed by atoms with E-state index in [0.29, 0.717) is 11.6 Å². The van der Waals surface area contributed by atoms with Crippen molar-refractivity contribution >= 4 is 0 Å². The first kappa shape index (κ1) is 10.7. The highest BCUT2D eigenvalue weighted by atomic mass is 14.7. The van der Waals surface area contributed by atoms with Crippen molar-refractivity contribution in [2.75, 3.05) is 0 Å². The number of hydrogen-bond acceptors (Lipinski definition) is 2. The van der Waals surface area contributed by atoms with Crippen molar-refractivity contribution in [1.29, 1.82) is 5.26 Å². The molecule has 0 saturated heterocycles. The maximum atomic E-state index is 8.73. The molecule has 1 atom stereocenters. The summed E-state index contributed by atoms with van der Waals surface area (Å²) in [5, 5.41) is 8.73. The van der Waals surface area contributed by atoms with E-state index in [1.54, 1.807) is 6.20 Å². The van der Waals surface area contributed by atoms with Crippen LogP contribution >= 0.6 is 0 Å². The first-order valence-electron chi connectivity index (χ1n) is 5.17. The predicted molar refractivity (Wildman–Crippen MR) is 56.9 cm³/mol. The second kappa shape index (κ2) is 5.39.